The first kappa shape index (κ1) is 23.7. The van der Waals surface area contributed by atoms with Gasteiger partial charge in [-0.25, -0.2) is 10.2 Å². The topological polar surface area (TPSA) is 88.0 Å². The summed E-state index contributed by atoms with van der Waals surface area (Å²) in [7, 11) is 0. The number of carboxylic acid groups (broad SMARTS) is 1. The van der Waals surface area contributed by atoms with E-state index >= 15 is 0 Å². The van der Waals surface area contributed by atoms with Gasteiger partial charge in [0.25, 0.3) is 0 Å². The van der Waals surface area contributed by atoms with E-state index in [1.165, 1.54) is 24.0 Å². The number of nitrogens with zero attached hydrogens (tertiary/aromatic N) is 1. The Morgan fingerprint density at radius 1 is 1.06 bits per heavy atom. The summed E-state index contributed by atoms with van der Waals surface area (Å²) in [4.78, 5) is 23.9. The lowest BCUT2D eigenvalue weighted by Crippen LogP contribution is -2.19. The number of ether oxygens (including phenoxy) is 1. The van der Waals surface area contributed by atoms with Gasteiger partial charge >= 0.3 is 5.97 Å². The fourth-order valence-corrected chi connectivity index (χ4v) is 3.62. The molecule has 0 fully saturated rings. The maximum atomic E-state index is 11.9. The summed E-state index contributed by atoms with van der Waals surface area (Å²) in [5, 5.41) is 14.0. The number of carbonyl (C=O) groups excluding carboxylic acids is 1. The molecule has 3 aromatic rings. The van der Waals surface area contributed by atoms with Gasteiger partial charge in [0.05, 0.1) is 22.6 Å². The first-order valence-corrected chi connectivity index (χ1v) is 11.1. The number of hydrogen-bond donors (Lipinski definition) is 2. The van der Waals surface area contributed by atoms with Crippen LogP contribution in [0.5, 0.6) is 5.75 Å². The summed E-state index contributed by atoms with van der Waals surface area (Å²) in [6.07, 6.45) is 1.48. The smallest absolute Gasteiger partial charge is 0.335 e. The largest absolute Gasteiger partial charge is 0.487 e. The molecule has 9 heteroatoms. The average Bonchev–Trinajstić information content (AvgIpc) is 2.78. The fourth-order valence-electron chi connectivity index (χ4n) is 2.56. The van der Waals surface area contributed by atoms with Gasteiger partial charge in [-0.05, 0) is 65.7 Å². The van der Waals surface area contributed by atoms with Crippen molar-refractivity contribution in [3.8, 4) is 5.75 Å². The summed E-state index contributed by atoms with van der Waals surface area (Å²) in [6, 6.07) is 18.8. The van der Waals surface area contributed by atoms with Crippen LogP contribution >= 0.6 is 35.0 Å². The number of nitrogens with one attached hydrogen (secondary N) is 1. The van der Waals surface area contributed by atoms with Crippen LogP contribution in [0.4, 0.5) is 0 Å². The maximum absolute atomic E-state index is 11.9. The van der Waals surface area contributed by atoms with Crippen LogP contribution in [-0.4, -0.2) is 29.0 Å². The zero-order valence-corrected chi connectivity index (χ0v) is 19.0. The molecule has 3 aromatic carbocycles. The van der Waals surface area contributed by atoms with Crippen LogP contribution in [0.1, 0.15) is 21.5 Å². The van der Waals surface area contributed by atoms with Crippen molar-refractivity contribution in [2.24, 2.45) is 5.10 Å². The van der Waals surface area contributed by atoms with Gasteiger partial charge in [0.1, 0.15) is 12.4 Å². The molecule has 0 aliphatic carbocycles. The molecule has 164 valence electrons. The number of rotatable bonds is 9. The number of benzene rings is 3. The van der Waals surface area contributed by atoms with E-state index in [4.69, 9.17) is 33.0 Å². The highest BCUT2D eigenvalue weighted by atomic mass is 35.5. The molecule has 2 N–H and O–H groups in total. The Labute approximate surface area is 199 Å². The van der Waals surface area contributed by atoms with Crippen molar-refractivity contribution in [1.82, 2.24) is 5.43 Å². The number of carboxylic acids is 1. The molecule has 0 unspecified atom stereocenters. The fraction of sp³-hybridized carbons (Fsp3) is 0.0870. The Morgan fingerprint density at radius 3 is 2.56 bits per heavy atom. The van der Waals surface area contributed by atoms with Crippen LogP contribution in [0.2, 0.25) is 10.0 Å². The van der Waals surface area contributed by atoms with Crippen molar-refractivity contribution in [1.29, 1.82) is 0 Å². The molecule has 0 aliphatic rings. The Bertz CT molecular complexity index is 1140. The minimum atomic E-state index is -0.996. The third-order valence-corrected chi connectivity index (χ3v) is 5.67. The molecule has 0 heterocycles. The Morgan fingerprint density at radius 2 is 1.84 bits per heavy atom. The second-order valence-electron chi connectivity index (χ2n) is 6.52. The molecule has 3 rings (SSSR count). The van der Waals surface area contributed by atoms with Gasteiger partial charge in [-0.15, -0.1) is 11.8 Å². The number of hydrogen-bond acceptors (Lipinski definition) is 5. The number of thioether (sulfide) groups is 1. The predicted molar refractivity (Wildman–Crippen MR) is 127 cm³/mol. The normalized spacial score (nSPS) is 10.8. The van der Waals surface area contributed by atoms with E-state index in [0.717, 1.165) is 4.90 Å². The molecule has 0 atom stereocenters. The van der Waals surface area contributed by atoms with Gasteiger partial charge in [0.2, 0.25) is 5.91 Å². The van der Waals surface area contributed by atoms with E-state index in [-0.39, 0.29) is 23.8 Å². The minimum absolute atomic E-state index is 0.176. The van der Waals surface area contributed by atoms with Gasteiger partial charge in [0, 0.05) is 9.92 Å². The maximum Gasteiger partial charge on any atom is 0.335 e. The predicted octanol–water partition coefficient (Wildman–Crippen LogP) is 5.51. The number of amides is 1. The van der Waals surface area contributed by atoms with E-state index in [0.29, 0.717) is 26.9 Å². The summed E-state index contributed by atoms with van der Waals surface area (Å²) in [5.74, 6) is -0.566. The van der Waals surface area contributed by atoms with Crippen LogP contribution in [-0.2, 0) is 11.4 Å². The van der Waals surface area contributed by atoms with Crippen molar-refractivity contribution in [3.05, 3.63) is 93.5 Å². The number of carbonyl (C=O) groups is 2. The lowest BCUT2D eigenvalue weighted by atomic mass is 10.1. The Balaban J connectivity index is 1.49. The third kappa shape index (κ3) is 7.30. The third-order valence-electron chi connectivity index (χ3n) is 4.11. The van der Waals surface area contributed by atoms with E-state index in [2.05, 4.69) is 10.5 Å². The Hall–Kier alpha value is -3.00. The molecule has 0 aromatic heterocycles. The second kappa shape index (κ2) is 11.6. The standard InChI is InChI=1S/C23H18Cl2N2O4S/c24-18-5-7-19(8-6-18)32-14-22(28)27-26-12-15-4-9-21(20(25)11-15)31-13-16-2-1-3-17(10-16)23(29)30/h1-12H,13-14H2,(H,27,28)(H,29,30)/b26-12-. The zero-order valence-electron chi connectivity index (χ0n) is 16.6. The molecule has 0 saturated carbocycles. The van der Waals surface area contributed by atoms with Crippen LogP contribution in [0.15, 0.2) is 76.7 Å². The van der Waals surface area contributed by atoms with Crippen LogP contribution in [0.25, 0.3) is 0 Å². The molecule has 1 amide bonds. The summed E-state index contributed by atoms with van der Waals surface area (Å²) >= 11 is 13.5. The first-order chi connectivity index (χ1) is 15.4. The van der Waals surface area contributed by atoms with E-state index in [1.807, 2.05) is 12.1 Å². The molecule has 0 aliphatic heterocycles. The molecule has 0 radical (unpaired) electrons. The lowest BCUT2D eigenvalue weighted by Gasteiger charge is -2.09. The van der Waals surface area contributed by atoms with Gasteiger partial charge in [-0.2, -0.15) is 5.10 Å². The summed E-state index contributed by atoms with van der Waals surface area (Å²) in [5.41, 5.74) is 4.06. The number of halogens is 2. The highest BCUT2D eigenvalue weighted by Crippen LogP contribution is 2.26. The minimum Gasteiger partial charge on any atom is -0.487 e. The molecular formula is C23H18Cl2N2O4S. The van der Waals surface area contributed by atoms with Crippen molar-refractivity contribution in [3.63, 3.8) is 0 Å². The Kier molecular flexibility index (Phi) is 8.56. The molecule has 0 saturated heterocycles. The summed E-state index contributed by atoms with van der Waals surface area (Å²) < 4.78 is 5.69. The summed E-state index contributed by atoms with van der Waals surface area (Å²) in [6.45, 7) is 0.176. The average molecular weight is 489 g/mol. The quantitative estimate of drug-likeness (QED) is 0.235. The van der Waals surface area contributed by atoms with Crippen LogP contribution < -0.4 is 10.2 Å². The van der Waals surface area contributed by atoms with E-state index in [9.17, 15) is 9.59 Å². The number of hydrazone groups is 1. The highest BCUT2D eigenvalue weighted by molar-refractivity contribution is 8.00. The van der Waals surface area contributed by atoms with Crippen molar-refractivity contribution in [2.45, 2.75) is 11.5 Å². The number of aromatic carboxylic acids is 1. The van der Waals surface area contributed by atoms with Gasteiger partial charge in [-0.3, -0.25) is 4.79 Å². The monoisotopic (exact) mass is 488 g/mol. The van der Waals surface area contributed by atoms with E-state index in [1.54, 1.807) is 48.5 Å². The molecule has 32 heavy (non-hydrogen) atoms. The van der Waals surface area contributed by atoms with Gasteiger partial charge in [-0.1, -0.05) is 35.3 Å². The molecule has 0 bridgehead atoms. The van der Waals surface area contributed by atoms with Gasteiger partial charge in [0.15, 0.2) is 0 Å². The first-order valence-electron chi connectivity index (χ1n) is 9.35. The van der Waals surface area contributed by atoms with Crippen molar-refractivity contribution in [2.75, 3.05) is 5.75 Å². The highest BCUT2D eigenvalue weighted by Gasteiger charge is 2.07. The van der Waals surface area contributed by atoms with Crippen molar-refractivity contribution >= 4 is 53.1 Å². The van der Waals surface area contributed by atoms with Crippen LogP contribution in [0.3, 0.4) is 0 Å². The van der Waals surface area contributed by atoms with E-state index < -0.39 is 5.97 Å². The molecular weight excluding hydrogens is 471 g/mol. The lowest BCUT2D eigenvalue weighted by molar-refractivity contribution is -0.118. The molecule has 6 nitrogen and oxygen atoms in total. The zero-order chi connectivity index (χ0) is 22.9. The van der Waals surface area contributed by atoms with Gasteiger partial charge < -0.3 is 9.84 Å². The second-order valence-corrected chi connectivity index (χ2v) is 8.41. The van der Waals surface area contributed by atoms with Crippen molar-refractivity contribution < 1.29 is 19.4 Å². The SMILES string of the molecule is O=C(CSc1ccc(Cl)cc1)N/N=C\c1ccc(OCc2cccc(C(=O)O)c2)c(Cl)c1. The van der Waals surface area contributed by atoms with Crippen LogP contribution in [0, 0.1) is 0 Å². The molecule has 0 spiro atoms.